The molecule has 0 spiro atoms. The van der Waals surface area contributed by atoms with Crippen LogP contribution in [0.4, 0.5) is 11.4 Å². The summed E-state index contributed by atoms with van der Waals surface area (Å²) >= 11 is 0. The SMILES string of the molecule is CN(NC(=O)[C@H]1CC(=O)N(c2cccc3ccccc23)C1)c1ccccc1. The van der Waals surface area contributed by atoms with Crippen LogP contribution in [-0.4, -0.2) is 25.4 Å². The van der Waals surface area contributed by atoms with Crippen molar-refractivity contribution >= 4 is 34.0 Å². The molecule has 4 rings (SSSR count). The zero-order valence-corrected chi connectivity index (χ0v) is 15.1. The van der Waals surface area contributed by atoms with Crippen molar-refractivity contribution in [3.63, 3.8) is 0 Å². The number of rotatable bonds is 4. The number of para-hydroxylation sites is 1. The highest BCUT2D eigenvalue weighted by Crippen LogP contribution is 2.31. The van der Waals surface area contributed by atoms with E-state index in [4.69, 9.17) is 0 Å². The average molecular weight is 359 g/mol. The Morgan fingerprint density at radius 1 is 1.00 bits per heavy atom. The number of hydrogen-bond acceptors (Lipinski definition) is 3. The van der Waals surface area contributed by atoms with Gasteiger partial charge in [0.05, 0.1) is 17.3 Å². The van der Waals surface area contributed by atoms with Gasteiger partial charge in [0.1, 0.15) is 0 Å². The molecule has 0 aliphatic carbocycles. The third-order valence-electron chi connectivity index (χ3n) is 4.97. The second kappa shape index (κ2) is 7.11. The number of carbonyl (C=O) groups excluding carboxylic acids is 2. The van der Waals surface area contributed by atoms with Gasteiger partial charge in [0, 0.05) is 25.4 Å². The molecule has 136 valence electrons. The molecule has 1 heterocycles. The van der Waals surface area contributed by atoms with Gasteiger partial charge in [-0.3, -0.25) is 20.0 Å². The maximum atomic E-state index is 12.7. The molecule has 5 nitrogen and oxygen atoms in total. The minimum Gasteiger partial charge on any atom is -0.311 e. The monoisotopic (exact) mass is 359 g/mol. The predicted molar refractivity (Wildman–Crippen MR) is 107 cm³/mol. The average Bonchev–Trinajstić information content (AvgIpc) is 3.10. The van der Waals surface area contributed by atoms with Crippen LogP contribution in [0, 0.1) is 5.92 Å². The summed E-state index contributed by atoms with van der Waals surface area (Å²) in [5, 5.41) is 3.79. The van der Waals surface area contributed by atoms with Gasteiger partial charge in [0.25, 0.3) is 0 Å². The quantitative estimate of drug-likeness (QED) is 0.727. The normalized spacial score (nSPS) is 16.6. The van der Waals surface area contributed by atoms with Crippen molar-refractivity contribution in [2.45, 2.75) is 6.42 Å². The highest BCUT2D eigenvalue weighted by Gasteiger charge is 2.36. The van der Waals surface area contributed by atoms with Crippen molar-refractivity contribution in [3.05, 3.63) is 72.8 Å². The van der Waals surface area contributed by atoms with Crippen LogP contribution in [0.5, 0.6) is 0 Å². The smallest absolute Gasteiger partial charge is 0.243 e. The first-order chi connectivity index (χ1) is 13.1. The van der Waals surface area contributed by atoms with Gasteiger partial charge in [-0.15, -0.1) is 0 Å². The molecule has 1 aliphatic rings. The van der Waals surface area contributed by atoms with Gasteiger partial charge in [-0.25, -0.2) is 0 Å². The summed E-state index contributed by atoms with van der Waals surface area (Å²) < 4.78 is 0. The van der Waals surface area contributed by atoms with Crippen molar-refractivity contribution < 1.29 is 9.59 Å². The molecule has 0 saturated carbocycles. The Bertz CT molecular complexity index is 982. The predicted octanol–water partition coefficient (Wildman–Crippen LogP) is 3.36. The molecule has 27 heavy (non-hydrogen) atoms. The molecule has 3 aromatic rings. The molecule has 1 saturated heterocycles. The van der Waals surface area contributed by atoms with Gasteiger partial charge in [-0.1, -0.05) is 54.6 Å². The molecule has 0 unspecified atom stereocenters. The van der Waals surface area contributed by atoms with E-state index in [1.165, 1.54) is 0 Å². The van der Waals surface area contributed by atoms with E-state index in [2.05, 4.69) is 5.43 Å². The largest absolute Gasteiger partial charge is 0.311 e. The van der Waals surface area contributed by atoms with Crippen molar-refractivity contribution in [2.75, 3.05) is 23.5 Å². The van der Waals surface area contributed by atoms with E-state index in [1.807, 2.05) is 72.8 Å². The molecule has 1 aliphatic heterocycles. The number of carbonyl (C=O) groups is 2. The summed E-state index contributed by atoms with van der Waals surface area (Å²) in [7, 11) is 1.80. The molecular formula is C22H21N3O2. The number of fused-ring (bicyclic) bond motifs is 1. The van der Waals surface area contributed by atoms with Crippen molar-refractivity contribution in [2.24, 2.45) is 5.92 Å². The van der Waals surface area contributed by atoms with E-state index in [0.29, 0.717) is 6.54 Å². The van der Waals surface area contributed by atoms with E-state index in [9.17, 15) is 9.59 Å². The van der Waals surface area contributed by atoms with Crippen LogP contribution in [-0.2, 0) is 9.59 Å². The molecule has 5 heteroatoms. The summed E-state index contributed by atoms with van der Waals surface area (Å²) in [6.45, 7) is 0.390. The molecular weight excluding hydrogens is 338 g/mol. The number of hydrogen-bond donors (Lipinski definition) is 1. The summed E-state index contributed by atoms with van der Waals surface area (Å²) in [5.41, 5.74) is 4.64. The summed E-state index contributed by atoms with van der Waals surface area (Å²) in [4.78, 5) is 27.0. The number of anilines is 2. The number of nitrogens with zero attached hydrogens (tertiary/aromatic N) is 2. The van der Waals surface area contributed by atoms with Crippen LogP contribution in [0.1, 0.15) is 6.42 Å². The minimum atomic E-state index is -0.373. The third-order valence-corrected chi connectivity index (χ3v) is 4.97. The fourth-order valence-electron chi connectivity index (χ4n) is 3.53. The zero-order chi connectivity index (χ0) is 18.8. The Morgan fingerprint density at radius 3 is 2.52 bits per heavy atom. The zero-order valence-electron chi connectivity index (χ0n) is 15.1. The van der Waals surface area contributed by atoms with Gasteiger partial charge < -0.3 is 4.90 Å². The lowest BCUT2D eigenvalue weighted by Gasteiger charge is -2.23. The van der Waals surface area contributed by atoms with Crippen molar-refractivity contribution in [1.29, 1.82) is 0 Å². The Balaban J connectivity index is 1.51. The first kappa shape index (κ1) is 17.1. The van der Waals surface area contributed by atoms with E-state index in [1.54, 1.807) is 17.0 Å². The van der Waals surface area contributed by atoms with Crippen LogP contribution < -0.4 is 15.3 Å². The maximum absolute atomic E-state index is 12.7. The Labute approximate surface area is 158 Å². The van der Waals surface area contributed by atoms with E-state index in [0.717, 1.165) is 22.1 Å². The van der Waals surface area contributed by atoms with Crippen LogP contribution in [0.3, 0.4) is 0 Å². The van der Waals surface area contributed by atoms with Crippen molar-refractivity contribution in [3.8, 4) is 0 Å². The third kappa shape index (κ3) is 3.36. The van der Waals surface area contributed by atoms with Gasteiger partial charge in [0.15, 0.2) is 0 Å². The lowest BCUT2D eigenvalue weighted by molar-refractivity contribution is -0.126. The lowest BCUT2D eigenvalue weighted by Crippen LogP contribution is -2.43. The molecule has 0 radical (unpaired) electrons. The van der Waals surface area contributed by atoms with Crippen LogP contribution in [0.2, 0.25) is 0 Å². The standard InChI is InChI=1S/C22H21N3O2/c1-24(18-10-3-2-4-11-18)23-22(27)17-14-21(26)25(15-17)20-13-7-9-16-8-5-6-12-19(16)20/h2-13,17H,14-15H2,1H3,(H,23,27)/t17-/m0/s1. The number of hydrazine groups is 1. The van der Waals surface area contributed by atoms with Crippen LogP contribution in [0.15, 0.2) is 72.8 Å². The van der Waals surface area contributed by atoms with Crippen molar-refractivity contribution in [1.82, 2.24) is 5.43 Å². The fourth-order valence-corrected chi connectivity index (χ4v) is 3.53. The molecule has 2 amide bonds. The highest BCUT2D eigenvalue weighted by molar-refractivity contribution is 6.07. The highest BCUT2D eigenvalue weighted by atomic mass is 16.2. The second-order valence-corrected chi connectivity index (χ2v) is 6.77. The van der Waals surface area contributed by atoms with Gasteiger partial charge in [-0.05, 0) is 23.6 Å². The molecule has 0 aromatic heterocycles. The summed E-state index contributed by atoms with van der Waals surface area (Å²) in [6, 6.07) is 23.5. The minimum absolute atomic E-state index is 0.0196. The number of amides is 2. The van der Waals surface area contributed by atoms with E-state index in [-0.39, 0.29) is 24.2 Å². The molecule has 1 atom stereocenters. The molecule has 1 fully saturated rings. The fraction of sp³-hybridized carbons (Fsp3) is 0.182. The van der Waals surface area contributed by atoms with Crippen LogP contribution in [0.25, 0.3) is 10.8 Å². The Morgan fingerprint density at radius 2 is 1.70 bits per heavy atom. The number of nitrogens with one attached hydrogen (secondary N) is 1. The topological polar surface area (TPSA) is 52.7 Å². The lowest BCUT2D eigenvalue weighted by atomic mass is 10.1. The maximum Gasteiger partial charge on any atom is 0.243 e. The van der Waals surface area contributed by atoms with Gasteiger partial charge in [0.2, 0.25) is 11.8 Å². The first-order valence-electron chi connectivity index (χ1n) is 9.01. The molecule has 0 bridgehead atoms. The molecule has 1 N–H and O–H groups in total. The molecule has 3 aromatic carbocycles. The Hall–Kier alpha value is -3.34. The van der Waals surface area contributed by atoms with E-state index >= 15 is 0 Å². The van der Waals surface area contributed by atoms with Crippen LogP contribution >= 0.6 is 0 Å². The second-order valence-electron chi connectivity index (χ2n) is 6.77. The summed E-state index contributed by atoms with van der Waals surface area (Å²) in [5.74, 6) is -0.533. The summed E-state index contributed by atoms with van der Waals surface area (Å²) in [6.07, 6.45) is 0.220. The number of benzene rings is 3. The Kier molecular flexibility index (Phi) is 4.50. The van der Waals surface area contributed by atoms with E-state index < -0.39 is 0 Å². The first-order valence-corrected chi connectivity index (χ1v) is 9.01. The van der Waals surface area contributed by atoms with Gasteiger partial charge >= 0.3 is 0 Å². The van der Waals surface area contributed by atoms with Gasteiger partial charge in [-0.2, -0.15) is 0 Å².